The summed E-state index contributed by atoms with van der Waals surface area (Å²) in [4.78, 5) is 42.4. The fraction of sp³-hybridized carbons (Fsp3) is 0.824. The number of fused-ring (bicyclic) bond motifs is 2. The van der Waals surface area contributed by atoms with Gasteiger partial charge < -0.3 is 19.4 Å². The van der Waals surface area contributed by atoms with Crippen LogP contribution in [0.15, 0.2) is 0 Å². The molecular weight excluding hydrogens is 310 g/mol. The van der Waals surface area contributed by atoms with Crippen molar-refractivity contribution in [2.45, 2.75) is 6.42 Å². The number of carbonyl (C=O) groups excluding carboxylic acids is 3. The molecule has 0 radical (unpaired) electrons. The Morgan fingerprint density at radius 1 is 1.21 bits per heavy atom. The van der Waals surface area contributed by atoms with E-state index in [1.54, 1.807) is 19.0 Å². The molecule has 1 aliphatic carbocycles. The molecule has 0 aromatic carbocycles. The number of ether oxygens (including phenoxy) is 1. The zero-order valence-corrected chi connectivity index (χ0v) is 14.3. The molecule has 0 bridgehead atoms. The predicted molar refractivity (Wildman–Crippen MR) is 84.7 cm³/mol. The van der Waals surface area contributed by atoms with Gasteiger partial charge in [-0.3, -0.25) is 14.4 Å². The van der Waals surface area contributed by atoms with E-state index in [0.717, 1.165) is 6.42 Å². The maximum absolute atomic E-state index is 12.7. The molecule has 0 aromatic heterocycles. The van der Waals surface area contributed by atoms with E-state index in [4.69, 9.17) is 4.74 Å². The van der Waals surface area contributed by atoms with Crippen LogP contribution in [0.5, 0.6) is 0 Å². The van der Waals surface area contributed by atoms with Gasteiger partial charge in [-0.15, -0.1) is 0 Å². The number of carbonyl (C=O) groups is 3. The monoisotopic (exact) mass is 335 g/mol. The third kappa shape index (κ3) is 2.49. The van der Waals surface area contributed by atoms with E-state index in [1.807, 2.05) is 4.90 Å². The van der Waals surface area contributed by atoms with Crippen LogP contribution in [0.1, 0.15) is 6.42 Å². The van der Waals surface area contributed by atoms with Crippen molar-refractivity contribution in [1.29, 1.82) is 0 Å². The average molecular weight is 335 g/mol. The number of likely N-dealkylation sites (tertiary alicyclic amines) is 2. The van der Waals surface area contributed by atoms with Crippen molar-refractivity contribution in [2.24, 2.45) is 29.6 Å². The van der Waals surface area contributed by atoms with Crippen molar-refractivity contribution >= 4 is 17.7 Å². The quantitative estimate of drug-likeness (QED) is 0.682. The molecule has 7 heteroatoms. The number of likely N-dealkylation sites (N-methyl/N-ethyl adjacent to an activating group) is 1. The summed E-state index contributed by atoms with van der Waals surface area (Å²) in [5, 5.41) is 0. The molecule has 3 heterocycles. The molecule has 4 fully saturated rings. The Hall–Kier alpha value is -1.63. The normalized spacial score (nSPS) is 37.2. The highest BCUT2D eigenvalue weighted by atomic mass is 16.5. The summed E-state index contributed by atoms with van der Waals surface area (Å²) in [6, 6.07) is 0. The van der Waals surface area contributed by atoms with Gasteiger partial charge >= 0.3 is 0 Å². The van der Waals surface area contributed by atoms with Crippen LogP contribution in [0.4, 0.5) is 0 Å². The zero-order valence-electron chi connectivity index (χ0n) is 14.3. The maximum atomic E-state index is 12.7. The Morgan fingerprint density at radius 3 is 2.58 bits per heavy atom. The molecule has 0 N–H and O–H groups in total. The van der Waals surface area contributed by atoms with Gasteiger partial charge in [-0.05, 0) is 24.2 Å². The summed E-state index contributed by atoms with van der Waals surface area (Å²) in [6.07, 6.45) is 0.877. The highest BCUT2D eigenvalue weighted by molar-refractivity contribution is 5.88. The molecule has 1 saturated carbocycles. The summed E-state index contributed by atoms with van der Waals surface area (Å²) >= 11 is 0. The smallest absolute Gasteiger partial charge is 0.241 e. The van der Waals surface area contributed by atoms with Gasteiger partial charge in [0.1, 0.15) is 0 Å². The van der Waals surface area contributed by atoms with Crippen LogP contribution in [-0.2, 0) is 19.1 Å². The molecule has 3 aliphatic heterocycles. The second-order valence-corrected chi connectivity index (χ2v) is 7.84. The van der Waals surface area contributed by atoms with Gasteiger partial charge in [0.15, 0.2) is 0 Å². The van der Waals surface area contributed by atoms with Gasteiger partial charge in [0.2, 0.25) is 17.7 Å². The molecule has 5 atom stereocenters. The van der Waals surface area contributed by atoms with Gasteiger partial charge in [0.05, 0.1) is 25.7 Å². The van der Waals surface area contributed by atoms with Crippen LogP contribution in [0, 0.1) is 29.6 Å². The molecule has 132 valence electrons. The number of piperidine rings is 1. The van der Waals surface area contributed by atoms with E-state index in [1.165, 1.54) is 4.90 Å². The summed E-state index contributed by atoms with van der Waals surface area (Å²) in [6.45, 7) is 3.40. The third-order valence-corrected chi connectivity index (χ3v) is 6.21. The largest absolute Gasteiger partial charge is 0.381 e. The van der Waals surface area contributed by atoms with Crippen molar-refractivity contribution in [1.82, 2.24) is 14.7 Å². The fourth-order valence-electron chi connectivity index (χ4n) is 4.57. The highest BCUT2D eigenvalue weighted by Crippen LogP contribution is 2.52. The lowest BCUT2D eigenvalue weighted by Gasteiger charge is -2.33. The molecule has 0 aromatic rings. The number of nitrogens with zero attached hydrogens (tertiary/aromatic N) is 3. The van der Waals surface area contributed by atoms with E-state index < -0.39 is 0 Å². The molecule has 4 aliphatic rings. The van der Waals surface area contributed by atoms with Crippen LogP contribution >= 0.6 is 0 Å². The molecule has 0 spiro atoms. The second kappa shape index (κ2) is 5.72. The molecule has 24 heavy (non-hydrogen) atoms. The van der Waals surface area contributed by atoms with Crippen molar-refractivity contribution < 1.29 is 19.1 Å². The molecule has 3 amide bonds. The lowest BCUT2D eigenvalue weighted by Crippen LogP contribution is -2.49. The average Bonchev–Trinajstić information content (AvgIpc) is 2.93. The van der Waals surface area contributed by atoms with Crippen molar-refractivity contribution in [3.63, 3.8) is 0 Å². The Labute approximate surface area is 141 Å². The fourth-order valence-corrected chi connectivity index (χ4v) is 4.57. The minimum absolute atomic E-state index is 0.0380. The number of hydrogen-bond acceptors (Lipinski definition) is 4. The van der Waals surface area contributed by atoms with Crippen molar-refractivity contribution in [3.8, 4) is 0 Å². The summed E-state index contributed by atoms with van der Waals surface area (Å²) in [7, 11) is 3.40. The van der Waals surface area contributed by atoms with Gasteiger partial charge in [-0.25, -0.2) is 0 Å². The predicted octanol–water partition coefficient (Wildman–Crippen LogP) is -0.726. The number of rotatable bonds is 3. The van der Waals surface area contributed by atoms with E-state index in [9.17, 15) is 14.4 Å². The molecule has 3 unspecified atom stereocenters. The first kappa shape index (κ1) is 15.9. The van der Waals surface area contributed by atoms with E-state index in [-0.39, 0.29) is 42.0 Å². The first-order valence-electron chi connectivity index (χ1n) is 8.83. The topological polar surface area (TPSA) is 70.2 Å². The lowest BCUT2D eigenvalue weighted by atomic mass is 9.88. The van der Waals surface area contributed by atoms with Crippen LogP contribution < -0.4 is 0 Å². The van der Waals surface area contributed by atoms with Crippen molar-refractivity contribution in [2.75, 3.05) is 53.5 Å². The minimum atomic E-state index is -0.132. The van der Waals surface area contributed by atoms with Gasteiger partial charge in [-0.1, -0.05) is 0 Å². The van der Waals surface area contributed by atoms with E-state index >= 15 is 0 Å². The first-order chi connectivity index (χ1) is 11.5. The highest BCUT2D eigenvalue weighted by Gasteiger charge is 2.60. The van der Waals surface area contributed by atoms with Crippen LogP contribution in [0.25, 0.3) is 0 Å². The molecule has 3 saturated heterocycles. The number of amides is 3. The SMILES string of the molecule is CN(C)C(=O)CN1CCC2CN(C(=O)C3[C@H]4COC[C@@H]34)CC2C1=O. The van der Waals surface area contributed by atoms with E-state index in [0.29, 0.717) is 44.7 Å². The summed E-state index contributed by atoms with van der Waals surface area (Å²) in [5.74, 6) is 1.26. The Kier molecular flexibility index (Phi) is 3.78. The summed E-state index contributed by atoms with van der Waals surface area (Å²) < 4.78 is 5.36. The Bertz CT molecular complexity index is 568. The third-order valence-electron chi connectivity index (χ3n) is 6.21. The second-order valence-electron chi connectivity index (χ2n) is 7.84. The minimum Gasteiger partial charge on any atom is -0.381 e. The Balaban J connectivity index is 1.37. The Morgan fingerprint density at radius 2 is 1.92 bits per heavy atom. The van der Waals surface area contributed by atoms with Crippen LogP contribution in [0.3, 0.4) is 0 Å². The molecular formula is C17H25N3O4. The maximum Gasteiger partial charge on any atom is 0.241 e. The van der Waals surface area contributed by atoms with E-state index in [2.05, 4.69) is 0 Å². The zero-order chi connectivity index (χ0) is 17.0. The molecule has 7 nitrogen and oxygen atoms in total. The first-order valence-corrected chi connectivity index (χ1v) is 8.83. The van der Waals surface area contributed by atoms with Gasteiger partial charge in [0.25, 0.3) is 0 Å². The van der Waals surface area contributed by atoms with Gasteiger partial charge in [0, 0.05) is 39.6 Å². The van der Waals surface area contributed by atoms with Crippen LogP contribution in [0.2, 0.25) is 0 Å². The summed E-state index contributed by atoms with van der Waals surface area (Å²) in [5.41, 5.74) is 0. The molecule has 4 rings (SSSR count). The van der Waals surface area contributed by atoms with Gasteiger partial charge in [-0.2, -0.15) is 0 Å². The lowest BCUT2D eigenvalue weighted by molar-refractivity contribution is -0.145. The van der Waals surface area contributed by atoms with Crippen LogP contribution in [-0.4, -0.2) is 85.9 Å². The number of hydrogen-bond donors (Lipinski definition) is 0. The van der Waals surface area contributed by atoms with Crippen molar-refractivity contribution in [3.05, 3.63) is 0 Å². The standard InChI is InChI=1S/C17H25N3O4/c1-18(2)14(21)7-19-4-3-10-5-20(6-11(10)16(19)22)17(23)15-12-8-24-9-13(12)15/h10-13,15H,3-9H2,1-2H3/t10?,11?,12-,13+,15?.